The number of hydrogen-bond acceptors (Lipinski definition) is 5. The van der Waals surface area contributed by atoms with Gasteiger partial charge in [0.05, 0.1) is 11.4 Å². The van der Waals surface area contributed by atoms with Crippen molar-refractivity contribution in [2.45, 2.75) is 18.0 Å². The summed E-state index contributed by atoms with van der Waals surface area (Å²) in [7, 11) is 0. The fourth-order valence-corrected chi connectivity index (χ4v) is 3.11. The zero-order valence-electron chi connectivity index (χ0n) is 14.2. The first kappa shape index (κ1) is 18.1. The molecule has 0 radical (unpaired) electrons. The molecule has 0 fully saturated rings. The number of thioether (sulfide) groups is 1. The Balaban J connectivity index is 1.53. The topological polar surface area (TPSA) is 72.7 Å². The second-order valence-corrected chi connectivity index (χ2v) is 6.70. The fourth-order valence-electron chi connectivity index (χ4n) is 2.39. The van der Waals surface area contributed by atoms with Crippen molar-refractivity contribution in [3.8, 4) is 5.69 Å². The molecule has 1 N–H and O–H groups in total. The van der Waals surface area contributed by atoms with E-state index in [1.807, 2.05) is 30.3 Å². The van der Waals surface area contributed by atoms with Crippen molar-refractivity contribution < 1.29 is 9.18 Å². The smallest absolute Gasteiger partial charge is 0.230 e. The number of halogens is 1. The highest BCUT2D eigenvalue weighted by Gasteiger charge is 2.13. The van der Waals surface area contributed by atoms with Crippen LogP contribution in [-0.4, -0.2) is 38.4 Å². The van der Waals surface area contributed by atoms with Crippen molar-refractivity contribution in [1.82, 2.24) is 25.5 Å². The predicted octanol–water partition coefficient (Wildman–Crippen LogP) is 2.81. The first-order valence-electron chi connectivity index (χ1n) is 8.12. The molecule has 0 saturated carbocycles. The van der Waals surface area contributed by atoms with E-state index < -0.39 is 0 Å². The summed E-state index contributed by atoms with van der Waals surface area (Å²) in [5.74, 6) is -0.0760. The number of amides is 1. The lowest BCUT2D eigenvalue weighted by Crippen LogP contribution is -2.29. The van der Waals surface area contributed by atoms with Crippen LogP contribution in [0, 0.1) is 5.82 Å². The summed E-state index contributed by atoms with van der Waals surface area (Å²) in [6.07, 6.45) is 0. The Morgan fingerprint density at radius 3 is 2.81 bits per heavy atom. The Morgan fingerprint density at radius 2 is 2.04 bits per heavy atom. The van der Waals surface area contributed by atoms with Crippen LogP contribution < -0.4 is 5.32 Å². The Labute approximate surface area is 154 Å². The Kier molecular flexibility index (Phi) is 5.96. The SMILES string of the molecule is C[C@H](CNC(=O)CSc1nnnn1-c1cccc(F)c1)c1ccccc1. The van der Waals surface area contributed by atoms with Crippen LogP contribution in [0.2, 0.25) is 0 Å². The third kappa shape index (κ3) is 4.66. The Bertz CT molecular complexity index is 871. The van der Waals surface area contributed by atoms with Gasteiger partial charge in [0, 0.05) is 6.54 Å². The first-order valence-corrected chi connectivity index (χ1v) is 9.11. The van der Waals surface area contributed by atoms with Gasteiger partial charge in [0.2, 0.25) is 11.1 Å². The minimum Gasteiger partial charge on any atom is -0.355 e. The van der Waals surface area contributed by atoms with Crippen molar-refractivity contribution >= 4 is 17.7 Å². The maximum atomic E-state index is 13.4. The van der Waals surface area contributed by atoms with E-state index in [4.69, 9.17) is 0 Å². The zero-order chi connectivity index (χ0) is 18.4. The van der Waals surface area contributed by atoms with Gasteiger partial charge in [-0.25, -0.2) is 4.39 Å². The quantitative estimate of drug-likeness (QED) is 0.647. The third-order valence-electron chi connectivity index (χ3n) is 3.80. The Morgan fingerprint density at radius 1 is 1.23 bits per heavy atom. The highest BCUT2D eigenvalue weighted by Crippen LogP contribution is 2.18. The first-order chi connectivity index (χ1) is 12.6. The van der Waals surface area contributed by atoms with Gasteiger partial charge in [-0.1, -0.05) is 55.1 Å². The van der Waals surface area contributed by atoms with Crippen LogP contribution in [0.1, 0.15) is 18.4 Å². The average molecular weight is 371 g/mol. The van der Waals surface area contributed by atoms with Crippen LogP contribution in [0.5, 0.6) is 0 Å². The van der Waals surface area contributed by atoms with E-state index in [0.717, 1.165) is 0 Å². The van der Waals surface area contributed by atoms with Crippen molar-refractivity contribution in [2.24, 2.45) is 0 Å². The third-order valence-corrected chi connectivity index (χ3v) is 4.72. The van der Waals surface area contributed by atoms with E-state index in [-0.39, 0.29) is 23.4 Å². The Hall–Kier alpha value is -2.74. The summed E-state index contributed by atoms with van der Waals surface area (Å²) >= 11 is 1.20. The minimum absolute atomic E-state index is 0.105. The molecule has 0 spiro atoms. The number of nitrogens with one attached hydrogen (secondary N) is 1. The average Bonchev–Trinajstić information content (AvgIpc) is 3.14. The van der Waals surface area contributed by atoms with Crippen LogP contribution in [0.4, 0.5) is 4.39 Å². The number of tetrazole rings is 1. The van der Waals surface area contributed by atoms with Gasteiger partial charge in [-0.2, -0.15) is 4.68 Å². The van der Waals surface area contributed by atoms with E-state index >= 15 is 0 Å². The minimum atomic E-state index is -0.374. The normalized spacial score (nSPS) is 11.9. The lowest BCUT2D eigenvalue weighted by atomic mass is 10.0. The number of carbonyl (C=O) groups excluding carboxylic acids is 1. The maximum absolute atomic E-state index is 13.4. The molecule has 1 heterocycles. The highest BCUT2D eigenvalue weighted by molar-refractivity contribution is 7.99. The largest absolute Gasteiger partial charge is 0.355 e. The number of benzene rings is 2. The zero-order valence-corrected chi connectivity index (χ0v) is 15.0. The number of rotatable bonds is 7. The van der Waals surface area contributed by atoms with E-state index in [2.05, 4.69) is 27.8 Å². The van der Waals surface area contributed by atoms with Gasteiger partial charge in [-0.05, 0) is 40.1 Å². The molecule has 1 amide bonds. The number of carbonyl (C=O) groups is 1. The number of aromatic nitrogens is 4. The highest BCUT2D eigenvalue weighted by atomic mass is 32.2. The van der Waals surface area contributed by atoms with Crippen LogP contribution >= 0.6 is 11.8 Å². The van der Waals surface area contributed by atoms with Crippen molar-refractivity contribution in [2.75, 3.05) is 12.3 Å². The van der Waals surface area contributed by atoms with E-state index in [0.29, 0.717) is 17.4 Å². The molecule has 2 aromatic carbocycles. The van der Waals surface area contributed by atoms with Crippen LogP contribution in [-0.2, 0) is 4.79 Å². The van der Waals surface area contributed by atoms with Crippen molar-refractivity contribution in [3.63, 3.8) is 0 Å². The van der Waals surface area contributed by atoms with E-state index in [1.165, 1.54) is 34.1 Å². The summed E-state index contributed by atoms with van der Waals surface area (Å²) < 4.78 is 14.8. The predicted molar refractivity (Wildman–Crippen MR) is 97.7 cm³/mol. The molecule has 1 atom stereocenters. The summed E-state index contributed by atoms with van der Waals surface area (Å²) in [5.41, 5.74) is 1.69. The molecule has 8 heteroatoms. The summed E-state index contributed by atoms with van der Waals surface area (Å²) in [6.45, 7) is 2.62. The molecular formula is C18H18FN5OS. The second kappa shape index (κ2) is 8.57. The van der Waals surface area contributed by atoms with Gasteiger partial charge in [0.1, 0.15) is 5.82 Å². The molecule has 0 aliphatic carbocycles. The standard InChI is InChI=1S/C18H18FN5OS/c1-13(14-6-3-2-4-7-14)11-20-17(25)12-26-18-21-22-23-24(18)16-9-5-8-15(19)10-16/h2-10,13H,11-12H2,1H3,(H,20,25)/t13-/m1/s1. The molecule has 1 aromatic heterocycles. The van der Waals surface area contributed by atoms with Crippen molar-refractivity contribution in [1.29, 1.82) is 0 Å². The van der Waals surface area contributed by atoms with Crippen molar-refractivity contribution in [3.05, 3.63) is 66.0 Å². The molecule has 0 aliphatic rings. The number of nitrogens with zero attached hydrogens (tertiary/aromatic N) is 4. The lowest BCUT2D eigenvalue weighted by molar-refractivity contribution is -0.118. The molecule has 0 bridgehead atoms. The van der Waals surface area contributed by atoms with Gasteiger partial charge in [-0.3, -0.25) is 4.79 Å². The molecular weight excluding hydrogens is 353 g/mol. The molecule has 134 valence electrons. The van der Waals surface area contributed by atoms with Gasteiger partial charge in [0.25, 0.3) is 0 Å². The van der Waals surface area contributed by atoms with Gasteiger partial charge in [0.15, 0.2) is 0 Å². The molecule has 3 aromatic rings. The van der Waals surface area contributed by atoms with Crippen LogP contribution in [0.3, 0.4) is 0 Å². The number of hydrogen-bond donors (Lipinski definition) is 1. The molecule has 0 aliphatic heterocycles. The van der Waals surface area contributed by atoms with Gasteiger partial charge >= 0.3 is 0 Å². The molecule has 0 unspecified atom stereocenters. The monoisotopic (exact) mass is 371 g/mol. The fraction of sp³-hybridized carbons (Fsp3) is 0.222. The van der Waals surface area contributed by atoms with Crippen LogP contribution in [0.25, 0.3) is 5.69 Å². The molecule has 0 saturated heterocycles. The summed E-state index contributed by atoms with van der Waals surface area (Å²) in [6, 6.07) is 16.0. The molecule has 3 rings (SSSR count). The summed E-state index contributed by atoms with van der Waals surface area (Å²) in [5, 5.41) is 14.7. The summed E-state index contributed by atoms with van der Waals surface area (Å²) in [4.78, 5) is 12.1. The van der Waals surface area contributed by atoms with Gasteiger partial charge < -0.3 is 5.32 Å². The second-order valence-electron chi connectivity index (χ2n) is 5.76. The van der Waals surface area contributed by atoms with E-state index in [9.17, 15) is 9.18 Å². The van der Waals surface area contributed by atoms with E-state index in [1.54, 1.807) is 12.1 Å². The van der Waals surface area contributed by atoms with Crippen LogP contribution in [0.15, 0.2) is 59.8 Å². The molecule has 26 heavy (non-hydrogen) atoms. The van der Waals surface area contributed by atoms with Gasteiger partial charge in [-0.15, -0.1) is 5.10 Å². The maximum Gasteiger partial charge on any atom is 0.230 e. The molecule has 6 nitrogen and oxygen atoms in total. The lowest BCUT2D eigenvalue weighted by Gasteiger charge is -2.12.